The van der Waals surface area contributed by atoms with E-state index >= 15 is 0 Å². The lowest BCUT2D eigenvalue weighted by molar-refractivity contribution is -0.343. The van der Waals surface area contributed by atoms with E-state index in [-0.39, 0.29) is 6.42 Å². The Morgan fingerprint density at radius 3 is 2.04 bits per heavy atom. The molecule has 5 N–H and O–H groups in total. The predicted molar refractivity (Wildman–Crippen MR) is 97.6 cm³/mol. The van der Waals surface area contributed by atoms with Crippen LogP contribution in [0.25, 0.3) is 0 Å². The first-order chi connectivity index (χ1) is 12.4. The van der Waals surface area contributed by atoms with E-state index < -0.39 is 42.9 Å². The van der Waals surface area contributed by atoms with Crippen LogP contribution in [0.1, 0.15) is 71.1 Å². The normalized spacial score (nSPS) is 33.3. The summed E-state index contributed by atoms with van der Waals surface area (Å²) in [4.78, 5) is 0. The predicted octanol–water partition coefficient (Wildman–Crippen LogP) is 1.08. The lowest BCUT2D eigenvalue weighted by Gasteiger charge is -2.49. The summed E-state index contributed by atoms with van der Waals surface area (Å²) in [7, 11) is 1.29. The number of aliphatic hydroxyl groups is 5. The van der Waals surface area contributed by atoms with Crippen molar-refractivity contribution in [2.45, 2.75) is 107 Å². The highest BCUT2D eigenvalue weighted by molar-refractivity contribution is 5.05. The molecular weight excluding hydrogens is 340 g/mol. The maximum Gasteiger partial charge on any atom is 0.186 e. The Balaban J connectivity index is 2.40. The zero-order valence-corrected chi connectivity index (χ0v) is 16.2. The van der Waals surface area contributed by atoms with E-state index in [4.69, 9.17) is 9.47 Å². The molecule has 1 fully saturated rings. The van der Waals surface area contributed by atoms with Gasteiger partial charge in [0.1, 0.15) is 23.9 Å². The second-order valence-electron chi connectivity index (χ2n) is 7.37. The van der Waals surface area contributed by atoms with Gasteiger partial charge in [0.15, 0.2) is 6.29 Å². The van der Waals surface area contributed by atoms with Crippen molar-refractivity contribution in [1.29, 1.82) is 0 Å². The lowest BCUT2D eigenvalue weighted by Crippen LogP contribution is -2.71. The molecule has 7 nitrogen and oxygen atoms in total. The molecule has 0 radical (unpaired) electrons. The van der Waals surface area contributed by atoms with Crippen LogP contribution in [0.5, 0.6) is 0 Å². The molecule has 6 atom stereocenters. The third-order valence-corrected chi connectivity index (χ3v) is 5.40. The quantitative estimate of drug-likeness (QED) is 0.304. The first-order valence-corrected chi connectivity index (χ1v) is 9.99. The second-order valence-corrected chi connectivity index (χ2v) is 7.37. The molecule has 1 heterocycles. The highest BCUT2D eigenvalue weighted by atomic mass is 16.7. The van der Waals surface area contributed by atoms with Gasteiger partial charge in [0.25, 0.3) is 0 Å². The van der Waals surface area contributed by atoms with Gasteiger partial charge in [-0.05, 0) is 6.42 Å². The van der Waals surface area contributed by atoms with Gasteiger partial charge >= 0.3 is 0 Å². The topological polar surface area (TPSA) is 120 Å². The van der Waals surface area contributed by atoms with Gasteiger partial charge in [0.05, 0.1) is 12.7 Å². The zero-order valence-electron chi connectivity index (χ0n) is 16.2. The molecule has 0 amide bonds. The second kappa shape index (κ2) is 12.2. The van der Waals surface area contributed by atoms with Crippen molar-refractivity contribution < 1.29 is 35.0 Å². The molecule has 0 aromatic rings. The molecule has 0 saturated carbocycles. The van der Waals surface area contributed by atoms with Crippen LogP contribution in [-0.2, 0) is 9.47 Å². The van der Waals surface area contributed by atoms with E-state index in [1.165, 1.54) is 39.2 Å². The minimum atomic E-state index is -2.14. The third kappa shape index (κ3) is 6.12. The van der Waals surface area contributed by atoms with Crippen molar-refractivity contribution in [2.24, 2.45) is 0 Å². The van der Waals surface area contributed by atoms with Gasteiger partial charge in [-0.3, -0.25) is 0 Å². The maximum absolute atomic E-state index is 10.8. The van der Waals surface area contributed by atoms with Gasteiger partial charge < -0.3 is 35.0 Å². The SMILES string of the molecule is CCCCCCCCCCCC(O)[C@]1(O)C(CO)O[C@H](OC)[C@@H](O)[C@H]1O. The molecule has 0 bridgehead atoms. The average Bonchev–Trinajstić information content (AvgIpc) is 2.65. The fraction of sp³-hybridized carbons (Fsp3) is 1.00. The van der Waals surface area contributed by atoms with E-state index in [0.29, 0.717) is 6.42 Å². The van der Waals surface area contributed by atoms with E-state index in [9.17, 15) is 25.5 Å². The summed E-state index contributed by atoms with van der Waals surface area (Å²) in [6, 6.07) is 0. The molecule has 0 aromatic heterocycles. The van der Waals surface area contributed by atoms with Gasteiger partial charge in [0.2, 0.25) is 0 Å². The number of unbranched alkanes of at least 4 members (excludes halogenated alkanes) is 8. The van der Waals surface area contributed by atoms with Crippen LogP contribution in [0.3, 0.4) is 0 Å². The van der Waals surface area contributed by atoms with Crippen molar-refractivity contribution in [2.75, 3.05) is 13.7 Å². The molecule has 1 aliphatic rings. The van der Waals surface area contributed by atoms with Crippen molar-refractivity contribution >= 4 is 0 Å². The Labute approximate surface area is 157 Å². The molecule has 7 heteroatoms. The molecule has 0 aliphatic carbocycles. The molecule has 1 aliphatic heterocycles. The van der Waals surface area contributed by atoms with Gasteiger partial charge in [-0.1, -0.05) is 64.7 Å². The van der Waals surface area contributed by atoms with E-state index in [1.807, 2.05) is 0 Å². The summed E-state index contributed by atoms with van der Waals surface area (Å²) in [5, 5.41) is 51.0. The number of hydrogen-bond donors (Lipinski definition) is 5. The van der Waals surface area contributed by atoms with Crippen molar-refractivity contribution in [1.82, 2.24) is 0 Å². The van der Waals surface area contributed by atoms with Crippen molar-refractivity contribution in [3.8, 4) is 0 Å². The summed E-state index contributed by atoms with van der Waals surface area (Å²) < 4.78 is 10.2. The first kappa shape index (κ1) is 23.8. The van der Waals surface area contributed by atoms with Crippen LogP contribution in [0.4, 0.5) is 0 Å². The van der Waals surface area contributed by atoms with Gasteiger partial charge in [-0.15, -0.1) is 0 Å². The van der Waals surface area contributed by atoms with Gasteiger partial charge in [-0.25, -0.2) is 0 Å². The molecule has 1 rings (SSSR count). The lowest BCUT2D eigenvalue weighted by atomic mass is 9.78. The largest absolute Gasteiger partial charge is 0.394 e. The van der Waals surface area contributed by atoms with E-state index in [2.05, 4.69) is 6.92 Å². The van der Waals surface area contributed by atoms with Crippen molar-refractivity contribution in [3.63, 3.8) is 0 Å². The highest BCUT2D eigenvalue weighted by Crippen LogP contribution is 2.34. The number of rotatable bonds is 13. The van der Waals surface area contributed by atoms with E-state index in [1.54, 1.807) is 0 Å². The Morgan fingerprint density at radius 2 is 1.54 bits per heavy atom. The monoisotopic (exact) mass is 378 g/mol. The Morgan fingerprint density at radius 1 is 1.00 bits per heavy atom. The molecule has 156 valence electrons. The van der Waals surface area contributed by atoms with E-state index in [0.717, 1.165) is 19.3 Å². The smallest absolute Gasteiger partial charge is 0.186 e. The molecule has 2 unspecified atom stereocenters. The van der Waals surface area contributed by atoms with Crippen LogP contribution in [0, 0.1) is 0 Å². The maximum atomic E-state index is 10.8. The summed E-state index contributed by atoms with van der Waals surface area (Å²) in [5.41, 5.74) is -2.14. The Kier molecular flexibility index (Phi) is 11.2. The van der Waals surface area contributed by atoms with Crippen LogP contribution in [0.15, 0.2) is 0 Å². The zero-order chi connectivity index (χ0) is 19.6. The molecule has 0 aromatic carbocycles. The minimum absolute atomic E-state index is 0.258. The van der Waals surface area contributed by atoms with Crippen LogP contribution >= 0.6 is 0 Å². The molecular formula is C19H38O7. The number of ether oxygens (including phenoxy) is 2. The fourth-order valence-corrected chi connectivity index (χ4v) is 3.64. The number of aliphatic hydroxyl groups excluding tert-OH is 4. The fourth-order valence-electron chi connectivity index (χ4n) is 3.64. The van der Waals surface area contributed by atoms with Crippen LogP contribution in [-0.4, -0.2) is 75.6 Å². The molecule has 0 spiro atoms. The van der Waals surface area contributed by atoms with Gasteiger partial charge in [-0.2, -0.15) is 0 Å². The summed E-state index contributed by atoms with van der Waals surface area (Å²) in [5.74, 6) is 0. The standard InChI is InChI=1S/C19H38O7/c1-3-4-5-6-7-8-9-10-11-12-14(21)19(24)15(13-20)26-18(25-2)16(22)17(19)23/h14-18,20-24H,3-13H2,1-2H3/t14?,15?,16-,17+,18-,19-/m0/s1. The number of hydrogen-bond acceptors (Lipinski definition) is 7. The molecule has 1 saturated heterocycles. The average molecular weight is 379 g/mol. The summed E-state index contributed by atoms with van der Waals surface area (Å²) in [6.07, 6.45) is 3.48. The minimum Gasteiger partial charge on any atom is -0.394 e. The molecule has 26 heavy (non-hydrogen) atoms. The van der Waals surface area contributed by atoms with Crippen LogP contribution < -0.4 is 0 Å². The number of methoxy groups -OCH3 is 1. The third-order valence-electron chi connectivity index (χ3n) is 5.40. The summed E-state index contributed by atoms with van der Waals surface area (Å²) >= 11 is 0. The Hall–Kier alpha value is -0.280. The summed E-state index contributed by atoms with van der Waals surface area (Å²) in [6.45, 7) is 1.60. The highest BCUT2D eigenvalue weighted by Gasteiger charge is 2.58. The van der Waals surface area contributed by atoms with Gasteiger partial charge in [0, 0.05) is 7.11 Å². The first-order valence-electron chi connectivity index (χ1n) is 9.99. The Bertz CT molecular complexity index is 364. The van der Waals surface area contributed by atoms with Crippen LogP contribution in [0.2, 0.25) is 0 Å². The van der Waals surface area contributed by atoms with Crippen molar-refractivity contribution in [3.05, 3.63) is 0 Å².